The molecule has 3 aliphatic rings. The van der Waals surface area contributed by atoms with Gasteiger partial charge in [-0.3, -0.25) is 9.69 Å². The van der Waals surface area contributed by atoms with Crippen LogP contribution in [0.15, 0.2) is 0 Å². The first kappa shape index (κ1) is 18.9. The van der Waals surface area contributed by atoms with Crippen LogP contribution in [0, 0.1) is 17.8 Å². The molecule has 1 saturated heterocycles. The number of hydrogen-bond donors (Lipinski definition) is 1. The molecule has 4 atom stereocenters. The molecule has 1 heterocycles. The van der Waals surface area contributed by atoms with E-state index in [-0.39, 0.29) is 24.5 Å². The summed E-state index contributed by atoms with van der Waals surface area (Å²) < 4.78 is 40.6. The van der Waals surface area contributed by atoms with Gasteiger partial charge in [-0.05, 0) is 37.5 Å². The molecule has 0 spiro atoms. The zero-order valence-corrected chi connectivity index (χ0v) is 14.5. The van der Waals surface area contributed by atoms with E-state index in [9.17, 15) is 18.0 Å². The molecule has 0 radical (unpaired) electrons. The Morgan fingerprint density at radius 2 is 1.80 bits per heavy atom. The van der Waals surface area contributed by atoms with Crippen LogP contribution in [0.25, 0.3) is 0 Å². The Balaban J connectivity index is 1.34. The Bertz CT molecular complexity index is 465. The minimum atomic E-state index is -4.26. The molecule has 5 nitrogen and oxygen atoms in total. The lowest BCUT2D eigenvalue weighted by atomic mass is 9.84. The van der Waals surface area contributed by atoms with Crippen LogP contribution in [0.2, 0.25) is 0 Å². The normalized spacial score (nSPS) is 33.2. The molecule has 0 aromatic carbocycles. The molecule has 8 heteroatoms. The van der Waals surface area contributed by atoms with Crippen molar-refractivity contribution in [3.63, 3.8) is 0 Å². The quantitative estimate of drug-likeness (QED) is 0.726. The van der Waals surface area contributed by atoms with Gasteiger partial charge in [0, 0.05) is 45.4 Å². The average Bonchev–Trinajstić information content (AvgIpc) is 3.14. The van der Waals surface area contributed by atoms with E-state index >= 15 is 0 Å². The van der Waals surface area contributed by atoms with Gasteiger partial charge in [0.15, 0.2) is 0 Å². The SMILES string of the molecule is NC1C2CCC(C2)C1C(=O)N1CCN(CCCOCC(F)(F)F)CC1. The first-order valence-corrected chi connectivity index (χ1v) is 9.26. The Morgan fingerprint density at radius 1 is 1.12 bits per heavy atom. The van der Waals surface area contributed by atoms with Gasteiger partial charge in [-0.25, -0.2) is 0 Å². The van der Waals surface area contributed by atoms with Crippen LogP contribution in [0.4, 0.5) is 13.2 Å². The number of alkyl halides is 3. The van der Waals surface area contributed by atoms with Crippen LogP contribution < -0.4 is 5.73 Å². The summed E-state index contributed by atoms with van der Waals surface area (Å²) in [5.74, 6) is 1.21. The highest BCUT2D eigenvalue weighted by atomic mass is 19.4. The van der Waals surface area contributed by atoms with Gasteiger partial charge in [0.05, 0.1) is 5.92 Å². The minimum Gasteiger partial charge on any atom is -0.372 e. The number of amides is 1. The van der Waals surface area contributed by atoms with Gasteiger partial charge in [-0.2, -0.15) is 13.2 Å². The summed E-state index contributed by atoms with van der Waals surface area (Å²) in [6.07, 6.45) is -0.282. The number of hydrogen-bond acceptors (Lipinski definition) is 4. The van der Waals surface area contributed by atoms with Crippen molar-refractivity contribution in [3.05, 3.63) is 0 Å². The molecule has 25 heavy (non-hydrogen) atoms. The Labute approximate surface area is 146 Å². The van der Waals surface area contributed by atoms with Gasteiger partial charge >= 0.3 is 6.18 Å². The fraction of sp³-hybridized carbons (Fsp3) is 0.941. The van der Waals surface area contributed by atoms with Crippen molar-refractivity contribution < 1.29 is 22.7 Å². The number of ether oxygens (including phenoxy) is 1. The predicted molar refractivity (Wildman–Crippen MR) is 86.8 cm³/mol. The standard InChI is InChI=1S/C17H28F3N3O2/c18-17(19,20)11-25-9-1-4-22-5-7-23(8-6-22)16(24)14-12-2-3-13(10-12)15(14)21/h12-15H,1-11,21H2. The molecule has 3 rings (SSSR count). The van der Waals surface area contributed by atoms with Crippen molar-refractivity contribution in [2.24, 2.45) is 23.5 Å². The summed E-state index contributed by atoms with van der Waals surface area (Å²) in [7, 11) is 0. The Kier molecular flexibility index (Phi) is 5.90. The van der Waals surface area contributed by atoms with Crippen molar-refractivity contribution in [2.45, 2.75) is 37.9 Å². The molecule has 2 N–H and O–H groups in total. The second-order valence-corrected chi connectivity index (χ2v) is 7.62. The number of rotatable bonds is 6. The van der Waals surface area contributed by atoms with E-state index in [0.717, 1.165) is 25.9 Å². The summed E-state index contributed by atoms with van der Waals surface area (Å²) in [4.78, 5) is 16.9. The topological polar surface area (TPSA) is 58.8 Å². The van der Waals surface area contributed by atoms with Gasteiger partial charge in [0.1, 0.15) is 6.61 Å². The Hall–Kier alpha value is -0.860. The lowest BCUT2D eigenvalue weighted by Gasteiger charge is -2.38. The lowest BCUT2D eigenvalue weighted by Crippen LogP contribution is -2.53. The van der Waals surface area contributed by atoms with E-state index in [1.54, 1.807) is 0 Å². The smallest absolute Gasteiger partial charge is 0.372 e. The van der Waals surface area contributed by atoms with Crippen LogP contribution in [0.1, 0.15) is 25.7 Å². The van der Waals surface area contributed by atoms with Crippen molar-refractivity contribution in [1.29, 1.82) is 0 Å². The summed E-state index contributed by atoms with van der Waals surface area (Å²) >= 11 is 0. The number of nitrogens with two attached hydrogens (primary N) is 1. The fourth-order valence-corrected chi connectivity index (χ4v) is 4.68. The van der Waals surface area contributed by atoms with Crippen molar-refractivity contribution in [2.75, 3.05) is 45.9 Å². The molecule has 4 unspecified atom stereocenters. The number of carbonyl (C=O) groups excluding carboxylic acids is 1. The number of nitrogens with zero attached hydrogens (tertiary/aromatic N) is 2. The van der Waals surface area contributed by atoms with Gasteiger partial charge in [-0.1, -0.05) is 0 Å². The molecule has 2 aliphatic carbocycles. The van der Waals surface area contributed by atoms with Crippen LogP contribution >= 0.6 is 0 Å². The summed E-state index contributed by atoms with van der Waals surface area (Å²) in [5, 5.41) is 0. The largest absolute Gasteiger partial charge is 0.411 e. The molecule has 0 aromatic heterocycles. The molecular weight excluding hydrogens is 335 g/mol. The van der Waals surface area contributed by atoms with E-state index in [1.807, 2.05) is 4.90 Å². The summed E-state index contributed by atoms with van der Waals surface area (Å²) in [6, 6.07) is 0.0232. The van der Waals surface area contributed by atoms with Gasteiger partial charge in [0.25, 0.3) is 0 Å². The third-order valence-electron chi connectivity index (χ3n) is 5.98. The summed E-state index contributed by atoms with van der Waals surface area (Å²) in [5.41, 5.74) is 6.27. The fourth-order valence-electron chi connectivity index (χ4n) is 4.68. The first-order chi connectivity index (χ1) is 11.8. The molecule has 2 bridgehead atoms. The molecular formula is C17H28F3N3O2. The van der Waals surface area contributed by atoms with E-state index < -0.39 is 12.8 Å². The third kappa shape index (κ3) is 4.65. The zero-order valence-electron chi connectivity index (χ0n) is 14.5. The van der Waals surface area contributed by atoms with Crippen molar-refractivity contribution >= 4 is 5.91 Å². The summed E-state index contributed by atoms with van der Waals surface area (Å²) in [6.45, 7) is 2.53. The molecule has 1 aliphatic heterocycles. The number of halogens is 3. The second-order valence-electron chi connectivity index (χ2n) is 7.62. The average molecular weight is 363 g/mol. The van der Waals surface area contributed by atoms with Gasteiger partial charge in [-0.15, -0.1) is 0 Å². The molecule has 1 amide bonds. The zero-order chi connectivity index (χ0) is 18.0. The predicted octanol–water partition coefficient (Wildman–Crippen LogP) is 1.47. The van der Waals surface area contributed by atoms with E-state index in [1.165, 1.54) is 6.42 Å². The van der Waals surface area contributed by atoms with Crippen LogP contribution in [-0.4, -0.2) is 73.9 Å². The van der Waals surface area contributed by atoms with E-state index in [0.29, 0.717) is 37.9 Å². The minimum absolute atomic E-state index is 0.000989. The highest BCUT2D eigenvalue weighted by Gasteiger charge is 2.50. The van der Waals surface area contributed by atoms with Crippen LogP contribution in [0.5, 0.6) is 0 Å². The molecule has 2 saturated carbocycles. The van der Waals surface area contributed by atoms with Crippen molar-refractivity contribution in [1.82, 2.24) is 9.80 Å². The lowest BCUT2D eigenvalue weighted by molar-refractivity contribution is -0.174. The highest BCUT2D eigenvalue weighted by Crippen LogP contribution is 2.48. The molecule has 0 aromatic rings. The van der Waals surface area contributed by atoms with Gasteiger partial charge < -0.3 is 15.4 Å². The molecule has 3 fully saturated rings. The maximum atomic E-state index is 12.8. The van der Waals surface area contributed by atoms with E-state index in [2.05, 4.69) is 9.64 Å². The molecule has 144 valence electrons. The number of fused-ring (bicyclic) bond motifs is 2. The van der Waals surface area contributed by atoms with Gasteiger partial charge in [0.2, 0.25) is 5.91 Å². The highest BCUT2D eigenvalue weighted by molar-refractivity contribution is 5.80. The second kappa shape index (κ2) is 7.80. The van der Waals surface area contributed by atoms with E-state index in [4.69, 9.17) is 5.73 Å². The maximum Gasteiger partial charge on any atom is 0.411 e. The number of piperazine rings is 1. The Morgan fingerprint density at radius 3 is 2.40 bits per heavy atom. The third-order valence-corrected chi connectivity index (χ3v) is 5.98. The van der Waals surface area contributed by atoms with Crippen molar-refractivity contribution in [3.8, 4) is 0 Å². The first-order valence-electron chi connectivity index (χ1n) is 9.26. The maximum absolute atomic E-state index is 12.8. The number of carbonyl (C=O) groups is 1. The van der Waals surface area contributed by atoms with Crippen LogP contribution in [0.3, 0.4) is 0 Å². The monoisotopic (exact) mass is 363 g/mol. The van der Waals surface area contributed by atoms with Crippen LogP contribution in [-0.2, 0) is 9.53 Å².